The average molecular weight is 351 g/mol. The summed E-state index contributed by atoms with van der Waals surface area (Å²) in [6, 6.07) is 0. The fourth-order valence-electron chi connectivity index (χ4n) is 10.0. The monoisotopic (exact) mass is 350 g/mol. The third kappa shape index (κ3) is 1.54. The van der Waals surface area contributed by atoms with Crippen LogP contribution in [0.1, 0.15) is 64.7 Å². The molecule has 10 atom stereocenters. The van der Waals surface area contributed by atoms with Gasteiger partial charge in [-0.25, -0.2) is 0 Å². The van der Waals surface area contributed by atoms with Crippen LogP contribution in [0.2, 0.25) is 0 Å². The zero-order valence-electron chi connectivity index (χ0n) is 16.4. The summed E-state index contributed by atoms with van der Waals surface area (Å²) in [5, 5.41) is 0. The van der Waals surface area contributed by atoms with Gasteiger partial charge in [0.1, 0.15) is 0 Å². The van der Waals surface area contributed by atoms with Gasteiger partial charge in [0.15, 0.2) is 0 Å². The van der Waals surface area contributed by atoms with Crippen LogP contribution in [0.5, 0.6) is 0 Å². The molecular weight excluding hydrogens is 316 g/mol. The Morgan fingerprint density at radius 1 is 1.12 bits per heavy atom. The Hall–Kier alpha value is -0.560. The van der Waals surface area contributed by atoms with E-state index in [0.29, 0.717) is 11.0 Å². The predicted molar refractivity (Wildman–Crippen MR) is 103 cm³/mol. The highest BCUT2D eigenvalue weighted by atomic mass is 16.5. The van der Waals surface area contributed by atoms with E-state index in [4.69, 9.17) is 4.74 Å². The summed E-state index contributed by atoms with van der Waals surface area (Å²) in [5.74, 6) is 7.92. The number of ether oxygens (including phenoxy) is 1. The molecule has 6 unspecified atom stereocenters. The first-order valence-electron chi connectivity index (χ1n) is 11.7. The van der Waals surface area contributed by atoms with Crippen molar-refractivity contribution in [2.45, 2.75) is 70.3 Å². The fourth-order valence-corrected chi connectivity index (χ4v) is 10.0. The largest absolute Gasteiger partial charge is 0.374 e. The summed E-state index contributed by atoms with van der Waals surface area (Å²) in [4.78, 5) is 0. The lowest BCUT2D eigenvalue weighted by Gasteiger charge is -2.59. The number of rotatable bonds is 1. The van der Waals surface area contributed by atoms with Gasteiger partial charge < -0.3 is 4.74 Å². The van der Waals surface area contributed by atoms with E-state index in [1.807, 2.05) is 5.57 Å². The average Bonchev–Trinajstić information content (AvgIpc) is 3.56. The molecule has 1 heteroatoms. The molecule has 1 aliphatic heterocycles. The Morgan fingerprint density at radius 2 is 2.04 bits per heavy atom. The first kappa shape index (κ1) is 15.4. The number of fused-ring (bicyclic) bond motifs is 12. The first-order chi connectivity index (χ1) is 12.7. The Bertz CT molecular complexity index is 712. The second-order valence-corrected chi connectivity index (χ2v) is 11.1. The predicted octanol–water partition coefficient (Wildman–Crippen LogP) is 5.77. The van der Waals surface area contributed by atoms with Crippen LogP contribution in [-0.2, 0) is 4.74 Å². The summed E-state index contributed by atoms with van der Waals surface area (Å²) >= 11 is 0. The van der Waals surface area contributed by atoms with Crippen LogP contribution in [-0.4, -0.2) is 12.2 Å². The second-order valence-electron chi connectivity index (χ2n) is 11.1. The molecule has 1 spiro atoms. The van der Waals surface area contributed by atoms with Crippen molar-refractivity contribution in [3.63, 3.8) is 0 Å². The Balaban J connectivity index is 1.33. The maximum absolute atomic E-state index is 6.75. The van der Waals surface area contributed by atoms with E-state index >= 15 is 0 Å². The van der Waals surface area contributed by atoms with Crippen molar-refractivity contribution in [2.24, 2.45) is 52.8 Å². The summed E-state index contributed by atoms with van der Waals surface area (Å²) < 4.78 is 6.75. The second kappa shape index (κ2) is 4.70. The topological polar surface area (TPSA) is 9.23 Å². The van der Waals surface area contributed by atoms with Crippen molar-refractivity contribution in [3.8, 4) is 0 Å². The molecule has 6 aliphatic carbocycles. The van der Waals surface area contributed by atoms with Crippen molar-refractivity contribution < 1.29 is 4.74 Å². The summed E-state index contributed by atoms with van der Waals surface area (Å²) in [6.45, 7) is 7.88. The molecule has 140 valence electrons. The molecule has 0 bridgehead atoms. The molecule has 0 aromatic heterocycles. The minimum Gasteiger partial charge on any atom is -0.374 e. The molecule has 0 radical (unpaired) electrons. The van der Waals surface area contributed by atoms with Gasteiger partial charge in [-0.3, -0.25) is 0 Å². The van der Waals surface area contributed by atoms with Gasteiger partial charge >= 0.3 is 0 Å². The first-order valence-corrected chi connectivity index (χ1v) is 11.7. The van der Waals surface area contributed by atoms with Crippen LogP contribution < -0.4 is 0 Å². The smallest absolute Gasteiger partial charge is 0.0772 e. The quantitative estimate of drug-likeness (QED) is 0.583. The molecule has 7 aliphatic rings. The summed E-state index contributed by atoms with van der Waals surface area (Å²) in [6.07, 6.45) is 15.3. The third-order valence-corrected chi connectivity index (χ3v) is 10.8. The molecule has 26 heavy (non-hydrogen) atoms. The van der Waals surface area contributed by atoms with Crippen molar-refractivity contribution >= 4 is 0 Å². The van der Waals surface area contributed by atoms with Crippen LogP contribution in [0.4, 0.5) is 0 Å². The van der Waals surface area contributed by atoms with Crippen LogP contribution >= 0.6 is 0 Å². The van der Waals surface area contributed by atoms with Crippen LogP contribution in [0.3, 0.4) is 0 Å². The highest BCUT2D eigenvalue weighted by Crippen LogP contribution is 2.81. The zero-order valence-corrected chi connectivity index (χ0v) is 16.4. The maximum Gasteiger partial charge on any atom is 0.0772 e. The molecule has 0 aromatic carbocycles. The fraction of sp³-hybridized carbons (Fsp3) is 0.840. The summed E-state index contributed by atoms with van der Waals surface area (Å²) in [5.41, 5.74) is 4.13. The van der Waals surface area contributed by atoms with Crippen molar-refractivity contribution in [1.29, 1.82) is 0 Å². The van der Waals surface area contributed by atoms with Crippen molar-refractivity contribution in [3.05, 3.63) is 23.8 Å². The van der Waals surface area contributed by atoms with Gasteiger partial charge in [-0.05, 0) is 105 Å². The van der Waals surface area contributed by atoms with Crippen molar-refractivity contribution in [1.82, 2.24) is 0 Å². The molecule has 1 nitrogen and oxygen atoms in total. The van der Waals surface area contributed by atoms with E-state index in [2.05, 4.69) is 19.6 Å². The Labute approximate surface area is 158 Å². The Morgan fingerprint density at radius 3 is 2.85 bits per heavy atom. The van der Waals surface area contributed by atoms with Gasteiger partial charge in [-0.15, -0.1) is 0 Å². The van der Waals surface area contributed by atoms with Gasteiger partial charge in [0.2, 0.25) is 0 Å². The van der Waals surface area contributed by atoms with E-state index in [0.717, 1.165) is 54.0 Å². The number of hydrogen-bond donors (Lipinski definition) is 0. The van der Waals surface area contributed by atoms with E-state index in [1.54, 1.807) is 0 Å². The number of allylic oxidation sites excluding steroid dienone is 3. The Kier molecular flexibility index (Phi) is 2.78. The van der Waals surface area contributed by atoms with Crippen LogP contribution in [0, 0.1) is 52.8 Å². The molecule has 5 saturated carbocycles. The lowest BCUT2D eigenvalue weighted by Crippen LogP contribution is -2.56. The van der Waals surface area contributed by atoms with Crippen molar-refractivity contribution in [2.75, 3.05) is 6.61 Å². The van der Waals surface area contributed by atoms with E-state index in [1.165, 1.54) is 63.4 Å². The molecular formula is C25H34O. The maximum atomic E-state index is 6.75. The van der Waals surface area contributed by atoms with Gasteiger partial charge in [0.05, 0.1) is 5.60 Å². The lowest BCUT2D eigenvalue weighted by atomic mass is 9.47. The van der Waals surface area contributed by atoms with Gasteiger partial charge in [-0.2, -0.15) is 0 Å². The minimum atomic E-state index is 0.309. The van der Waals surface area contributed by atoms with Crippen LogP contribution in [0.15, 0.2) is 23.8 Å². The highest BCUT2D eigenvalue weighted by molar-refractivity contribution is 5.37. The molecule has 7 rings (SSSR count). The third-order valence-electron chi connectivity index (χ3n) is 10.8. The SMILES string of the molecule is C=C1C=C2C3CC3C3C(CC[C@@]4(CC)C3C3C[C@@H]3[C@@]43CCCO3)[C@H]2CC1. The standard InChI is InChI=1S/C25H34O/c1-3-24-9-7-16-15-6-5-14(2)11-17(15)18-12-19(18)22(16)23(24)20-13-21(20)25(24)8-4-10-26-25/h11,15-16,18-23H,2-10,12-13H2,1H3/t15-,16?,18?,19?,20?,21+,22?,23?,24+,25+/m1/s1. The molecule has 0 aromatic rings. The molecule has 6 fully saturated rings. The number of hydrogen-bond acceptors (Lipinski definition) is 1. The normalized spacial score (nSPS) is 61.3. The highest BCUT2D eigenvalue weighted by Gasteiger charge is 2.79. The van der Waals surface area contributed by atoms with E-state index < -0.39 is 0 Å². The summed E-state index contributed by atoms with van der Waals surface area (Å²) in [7, 11) is 0. The lowest BCUT2D eigenvalue weighted by molar-refractivity contribution is -0.160. The zero-order chi connectivity index (χ0) is 17.3. The van der Waals surface area contributed by atoms with Crippen LogP contribution in [0.25, 0.3) is 0 Å². The van der Waals surface area contributed by atoms with Gasteiger partial charge in [-0.1, -0.05) is 30.7 Å². The van der Waals surface area contributed by atoms with E-state index in [9.17, 15) is 0 Å². The van der Waals surface area contributed by atoms with E-state index in [-0.39, 0.29) is 0 Å². The molecule has 1 saturated heterocycles. The molecule has 0 N–H and O–H groups in total. The van der Waals surface area contributed by atoms with Gasteiger partial charge in [0, 0.05) is 12.0 Å². The molecule has 0 amide bonds. The minimum absolute atomic E-state index is 0.309. The van der Waals surface area contributed by atoms with Gasteiger partial charge in [0.25, 0.3) is 0 Å². The molecule has 1 heterocycles.